The lowest BCUT2D eigenvalue weighted by Crippen LogP contribution is -2.43. The molecule has 10 aromatic carbocycles. The molecule has 340 valence electrons. The maximum Gasteiger partial charge on any atom is 0.0720 e. The highest BCUT2D eigenvalue weighted by Gasteiger charge is 2.59. The molecule has 0 amide bonds. The monoisotopic (exact) mass is 917 g/mol. The summed E-state index contributed by atoms with van der Waals surface area (Å²) in [6.45, 7) is 4.76. The average Bonchev–Trinajstić information content (AvgIpc) is 4.01. The molecule has 5 aliphatic rings. The number of hydrogen-bond acceptors (Lipinski definition) is 1. The van der Waals surface area contributed by atoms with Gasteiger partial charge in [-0.25, -0.2) is 0 Å². The van der Waals surface area contributed by atoms with Gasteiger partial charge >= 0.3 is 0 Å². The second kappa shape index (κ2) is 15.2. The molecule has 0 radical (unpaired) electrons. The van der Waals surface area contributed by atoms with Crippen LogP contribution in [0.15, 0.2) is 255 Å². The Balaban J connectivity index is 0.875. The van der Waals surface area contributed by atoms with Gasteiger partial charge in [-0.05, 0) is 142 Å². The first kappa shape index (κ1) is 41.3. The van der Waals surface area contributed by atoms with Crippen LogP contribution < -0.4 is 4.90 Å². The van der Waals surface area contributed by atoms with Crippen LogP contribution in [-0.2, 0) is 16.2 Å². The number of allylic oxidation sites excluding steroid dienone is 2. The van der Waals surface area contributed by atoms with Crippen molar-refractivity contribution in [3.05, 3.63) is 316 Å². The van der Waals surface area contributed by atoms with Gasteiger partial charge in [-0.2, -0.15) is 0 Å². The molecule has 0 N–H and O–H groups in total. The highest BCUT2D eigenvalue weighted by atomic mass is 15.2. The normalized spacial score (nSPS) is 16.9. The SMILES string of the molecule is CC1(C)c2ccccc2-c2ccc(N(c3ccc(-c4ccccc4)cc3)C3C=CC(c4cccc5c4-c4ccccc4C54c5ccccc5C5(c6ccccc6-c6ccccc65)c5ccccc54)=CC3)cc21. The molecule has 0 aliphatic heterocycles. The zero-order chi connectivity index (χ0) is 47.8. The highest BCUT2D eigenvalue weighted by molar-refractivity contribution is 5.98. The first-order valence-electron chi connectivity index (χ1n) is 25.7. The van der Waals surface area contributed by atoms with Gasteiger partial charge in [0.05, 0.1) is 16.9 Å². The fourth-order valence-electron chi connectivity index (χ4n) is 14.3. The van der Waals surface area contributed by atoms with E-state index < -0.39 is 10.8 Å². The Morgan fingerprint density at radius 3 is 1.36 bits per heavy atom. The third-order valence-corrected chi connectivity index (χ3v) is 17.3. The second-order valence-electron chi connectivity index (χ2n) is 21.0. The van der Waals surface area contributed by atoms with Crippen molar-refractivity contribution in [2.45, 2.75) is 42.6 Å². The Morgan fingerprint density at radius 2 is 0.778 bits per heavy atom. The summed E-state index contributed by atoms with van der Waals surface area (Å²) in [5.74, 6) is 0. The molecular formula is C71H51N. The van der Waals surface area contributed by atoms with E-state index in [1.807, 2.05) is 0 Å². The molecule has 1 atom stereocenters. The van der Waals surface area contributed by atoms with E-state index in [0.717, 1.165) is 6.42 Å². The Kier molecular flexibility index (Phi) is 8.74. The Hall–Kier alpha value is -8.52. The average molecular weight is 918 g/mol. The maximum absolute atomic E-state index is 2.57. The van der Waals surface area contributed by atoms with Crippen molar-refractivity contribution in [3.63, 3.8) is 0 Å². The Bertz CT molecular complexity index is 3840. The van der Waals surface area contributed by atoms with Crippen LogP contribution >= 0.6 is 0 Å². The topological polar surface area (TPSA) is 3.24 Å². The second-order valence-corrected chi connectivity index (χ2v) is 21.0. The summed E-state index contributed by atoms with van der Waals surface area (Å²) in [5.41, 5.74) is 28.0. The number of rotatable bonds is 5. The van der Waals surface area contributed by atoms with Crippen LogP contribution in [0.25, 0.3) is 50.1 Å². The van der Waals surface area contributed by atoms with E-state index in [4.69, 9.17) is 0 Å². The van der Waals surface area contributed by atoms with E-state index in [-0.39, 0.29) is 11.5 Å². The van der Waals surface area contributed by atoms with E-state index in [2.05, 4.69) is 274 Å². The van der Waals surface area contributed by atoms with E-state index in [0.29, 0.717) is 0 Å². The van der Waals surface area contributed by atoms with E-state index in [1.54, 1.807) is 0 Å². The van der Waals surface area contributed by atoms with Crippen molar-refractivity contribution in [1.82, 2.24) is 0 Å². The first-order chi connectivity index (χ1) is 35.5. The van der Waals surface area contributed by atoms with Gasteiger partial charge in [0.1, 0.15) is 0 Å². The number of benzene rings is 10. The molecule has 0 aromatic heterocycles. The van der Waals surface area contributed by atoms with Gasteiger partial charge in [-0.3, -0.25) is 0 Å². The van der Waals surface area contributed by atoms with Gasteiger partial charge < -0.3 is 4.90 Å². The van der Waals surface area contributed by atoms with Crippen LogP contribution in [-0.4, -0.2) is 6.04 Å². The lowest BCUT2D eigenvalue weighted by molar-refractivity contribution is 0.633. The van der Waals surface area contributed by atoms with Crippen molar-refractivity contribution in [2.75, 3.05) is 4.90 Å². The number of hydrogen-bond donors (Lipinski definition) is 0. The number of anilines is 2. The van der Waals surface area contributed by atoms with Crippen molar-refractivity contribution < 1.29 is 0 Å². The summed E-state index contributed by atoms with van der Waals surface area (Å²) >= 11 is 0. The maximum atomic E-state index is 2.57. The van der Waals surface area contributed by atoms with Gasteiger partial charge in [-0.15, -0.1) is 0 Å². The minimum atomic E-state index is -0.530. The molecule has 5 aliphatic carbocycles. The predicted octanol–water partition coefficient (Wildman–Crippen LogP) is 17.2. The molecule has 1 heteroatoms. The Labute approximate surface area is 422 Å². The molecular weight excluding hydrogens is 867 g/mol. The molecule has 0 saturated heterocycles. The third kappa shape index (κ3) is 5.38. The molecule has 2 spiro atoms. The van der Waals surface area contributed by atoms with E-state index in [9.17, 15) is 0 Å². The zero-order valence-electron chi connectivity index (χ0n) is 40.5. The Morgan fingerprint density at radius 1 is 0.347 bits per heavy atom. The van der Waals surface area contributed by atoms with Crippen LogP contribution in [0, 0.1) is 0 Å². The molecule has 10 aromatic rings. The zero-order valence-corrected chi connectivity index (χ0v) is 40.5. The number of nitrogens with zero attached hydrogens (tertiary/aromatic N) is 1. The standard InChI is InChI=1S/C71H51N/c1-69(2)58-26-10-6-21-53(58)56-44-43-51(45-67(56)69)72(49-39-35-47(36-40-49)46-19-4-3-5-20-46)50-41-37-48(38-42-50)52-25-18-34-66-68(52)57-24-9-13-29-61(57)71(66)64-32-16-14-30-62(64)70(63-31-15-17-33-65(63)71)59-27-11-7-22-54(59)55-23-8-12-28-60(55)70/h3-41,43-45,50H,42H2,1-2H3. The van der Waals surface area contributed by atoms with Crippen molar-refractivity contribution in [1.29, 1.82) is 0 Å². The molecule has 72 heavy (non-hydrogen) atoms. The fourth-order valence-corrected chi connectivity index (χ4v) is 14.3. The van der Waals surface area contributed by atoms with Gasteiger partial charge in [0.15, 0.2) is 0 Å². The molecule has 0 fully saturated rings. The van der Waals surface area contributed by atoms with Crippen molar-refractivity contribution >= 4 is 16.9 Å². The van der Waals surface area contributed by atoms with Crippen LogP contribution in [0.1, 0.15) is 81.5 Å². The van der Waals surface area contributed by atoms with Crippen molar-refractivity contribution in [3.8, 4) is 44.5 Å². The molecule has 0 bridgehead atoms. The summed E-state index contributed by atoms with van der Waals surface area (Å²) in [7, 11) is 0. The quantitative estimate of drug-likeness (QED) is 0.166. The minimum Gasteiger partial charge on any atom is -0.334 e. The van der Waals surface area contributed by atoms with E-state index in [1.165, 1.54) is 123 Å². The summed E-state index contributed by atoms with van der Waals surface area (Å²) < 4.78 is 0. The summed E-state index contributed by atoms with van der Waals surface area (Å²) in [5, 5.41) is 0. The highest BCUT2D eigenvalue weighted by Crippen LogP contribution is 2.68. The molecule has 0 saturated carbocycles. The molecule has 15 rings (SSSR count). The molecule has 1 nitrogen and oxygen atoms in total. The van der Waals surface area contributed by atoms with Crippen LogP contribution in [0.3, 0.4) is 0 Å². The smallest absolute Gasteiger partial charge is 0.0720 e. The van der Waals surface area contributed by atoms with Crippen LogP contribution in [0.5, 0.6) is 0 Å². The fraction of sp³-hybridized carbons (Fsp3) is 0.0986. The van der Waals surface area contributed by atoms with Crippen LogP contribution in [0.4, 0.5) is 11.4 Å². The lowest BCUT2D eigenvalue weighted by atomic mass is 9.52. The summed E-state index contributed by atoms with van der Waals surface area (Å²) in [4.78, 5) is 2.57. The predicted molar refractivity (Wildman–Crippen MR) is 298 cm³/mol. The van der Waals surface area contributed by atoms with E-state index >= 15 is 0 Å². The van der Waals surface area contributed by atoms with Crippen molar-refractivity contribution in [2.24, 2.45) is 0 Å². The summed E-state index contributed by atoms with van der Waals surface area (Å²) in [6.07, 6.45) is 8.25. The van der Waals surface area contributed by atoms with Gasteiger partial charge in [0.2, 0.25) is 0 Å². The molecule has 1 unspecified atom stereocenters. The summed E-state index contributed by atoms with van der Waals surface area (Å²) in [6, 6.07) is 89.7. The largest absolute Gasteiger partial charge is 0.334 e. The van der Waals surface area contributed by atoms with Gasteiger partial charge in [0, 0.05) is 16.8 Å². The minimum absolute atomic E-state index is 0.0992. The van der Waals surface area contributed by atoms with Gasteiger partial charge in [0.25, 0.3) is 0 Å². The first-order valence-corrected chi connectivity index (χ1v) is 25.7. The number of fused-ring (bicyclic) bond motifs is 19. The molecule has 0 heterocycles. The lowest BCUT2D eigenvalue weighted by Gasteiger charge is -2.48. The van der Waals surface area contributed by atoms with Crippen LogP contribution in [0.2, 0.25) is 0 Å². The third-order valence-electron chi connectivity index (χ3n) is 17.3. The van der Waals surface area contributed by atoms with Gasteiger partial charge in [-0.1, -0.05) is 244 Å².